The van der Waals surface area contributed by atoms with E-state index in [4.69, 9.17) is 9.47 Å². The lowest BCUT2D eigenvalue weighted by Crippen LogP contribution is -2.29. The van der Waals surface area contributed by atoms with Crippen molar-refractivity contribution in [2.24, 2.45) is 0 Å². The standard InChI is InChI=1S/C20H15FN2O5.C2H4/c1-27-10-28-18-15-14(17(24)13-3-2-8-22-16(13)18)19(25)23(20(15)26)9-11-4-6-12(21)7-5-11;1-2/h2-8,24H,9-10H2,1H3;1-2H2. The third kappa shape index (κ3) is 3.48. The molecule has 154 valence electrons. The summed E-state index contributed by atoms with van der Waals surface area (Å²) in [7, 11) is 1.42. The van der Waals surface area contributed by atoms with Crippen molar-refractivity contribution in [2.45, 2.75) is 6.54 Å². The van der Waals surface area contributed by atoms with Crippen LogP contribution in [0.2, 0.25) is 0 Å². The second kappa shape index (κ2) is 8.71. The number of pyridine rings is 1. The second-order valence-electron chi connectivity index (χ2n) is 6.20. The molecule has 1 aliphatic heterocycles. The number of hydrogen-bond donors (Lipinski definition) is 1. The van der Waals surface area contributed by atoms with E-state index >= 15 is 0 Å². The Labute approximate surface area is 172 Å². The minimum absolute atomic E-state index is 0.0622. The molecule has 0 fully saturated rings. The number of methoxy groups -OCH3 is 1. The molecule has 3 aromatic rings. The highest BCUT2D eigenvalue weighted by Crippen LogP contribution is 2.43. The van der Waals surface area contributed by atoms with Crippen molar-refractivity contribution in [3.63, 3.8) is 0 Å². The molecule has 7 nitrogen and oxygen atoms in total. The molecule has 0 unspecified atom stereocenters. The van der Waals surface area contributed by atoms with Gasteiger partial charge in [-0.2, -0.15) is 0 Å². The van der Waals surface area contributed by atoms with Gasteiger partial charge in [0.05, 0.1) is 12.1 Å². The Morgan fingerprint density at radius 1 is 1.10 bits per heavy atom. The molecule has 1 aliphatic rings. The summed E-state index contributed by atoms with van der Waals surface area (Å²) >= 11 is 0. The minimum Gasteiger partial charge on any atom is -0.506 e. The SMILES string of the molecule is C=C.COCOc1c2c(c(O)c3cccnc13)C(=O)N(Cc1ccc(F)cc1)C2=O. The number of aromatic nitrogens is 1. The summed E-state index contributed by atoms with van der Waals surface area (Å²) in [4.78, 5) is 31.1. The van der Waals surface area contributed by atoms with Crippen LogP contribution in [0.5, 0.6) is 11.5 Å². The van der Waals surface area contributed by atoms with E-state index in [1.165, 1.54) is 37.6 Å². The maximum absolute atomic E-state index is 13.1. The quantitative estimate of drug-likeness (QED) is 0.392. The number of phenols is 1. The molecule has 2 aromatic carbocycles. The summed E-state index contributed by atoms with van der Waals surface area (Å²) in [6, 6.07) is 8.65. The van der Waals surface area contributed by atoms with Crippen LogP contribution in [0, 0.1) is 5.82 Å². The van der Waals surface area contributed by atoms with E-state index in [2.05, 4.69) is 18.1 Å². The van der Waals surface area contributed by atoms with Crippen LogP contribution in [0.15, 0.2) is 55.8 Å². The molecule has 0 aliphatic carbocycles. The fourth-order valence-electron chi connectivity index (χ4n) is 3.21. The Morgan fingerprint density at radius 2 is 1.77 bits per heavy atom. The van der Waals surface area contributed by atoms with Crippen molar-refractivity contribution < 1.29 is 28.6 Å². The number of rotatable bonds is 5. The van der Waals surface area contributed by atoms with Gasteiger partial charge in [-0.3, -0.25) is 19.5 Å². The van der Waals surface area contributed by atoms with Gasteiger partial charge in [0.1, 0.15) is 22.6 Å². The van der Waals surface area contributed by atoms with E-state index in [1.54, 1.807) is 12.1 Å². The molecule has 0 saturated heterocycles. The fourth-order valence-corrected chi connectivity index (χ4v) is 3.21. The lowest BCUT2D eigenvalue weighted by Gasteiger charge is -2.14. The summed E-state index contributed by atoms with van der Waals surface area (Å²) in [6.45, 7) is 5.77. The van der Waals surface area contributed by atoms with E-state index in [-0.39, 0.29) is 46.9 Å². The summed E-state index contributed by atoms with van der Waals surface area (Å²) in [5.74, 6) is -1.96. The predicted molar refractivity (Wildman–Crippen MR) is 108 cm³/mol. The van der Waals surface area contributed by atoms with Crippen LogP contribution < -0.4 is 4.74 Å². The highest BCUT2D eigenvalue weighted by atomic mass is 19.1. The number of carbonyl (C=O) groups excluding carboxylic acids is 2. The Kier molecular flexibility index (Phi) is 6.08. The van der Waals surface area contributed by atoms with Gasteiger partial charge >= 0.3 is 0 Å². The number of benzene rings is 2. The molecule has 1 N–H and O–H groups in total. The lowest BCUT2D eigenvalue weighted by atomic mass is 10.0. The van der Waals surface area contributed by atoms with Crippen molar-refractivity contribution in [3.05, 3.63) is 78.3 Å². The molecule has 4 rings (SSSR count). The van der Waals surface area contributed by atoms with Gasteiger partial charge in [-0.05, 0) is 29.8 Å². The van der Waals surface area contributed by atoms with Crippen molar-refractivity contribution >= 4 is 22.7 Å². The van der Waals surface area contributed by atoms with Gasteiger partial charge in [0.25, 0.3) is 11.8 Å². The van der Waals surface area contributed by atoms with Crippen molar-refractivity contribution in [2.75, 3.05) is 13.9 Å². The first-order chi connectivity index (χ1) is 14.5. The monoisotopic (exact) mass is 410 g/mol. The number of halogens is 1. The number of fused-ring (bicyclic) bond motifs is 2. The summed E-state index contributed by atoms with van der Waals surface area (Å²) in [5, 5.41) is 10.9. The van der Waals surface area contributed by atoms with Gasteiger partial charge in [-0.1, -0.05) is 12.1 Å². The molecule has 2 amide bonds. The maximum atomic E-state index is 13.1. The fraction of sp³-hybridized carbons (Fsp3) is 0.136. The van der Waals surface area contributed by atoms with Gasteiger partial charge in [-0.25, -0.2) is 4.39 Å². The van der Waals surface area contributed by atoms with E-state index in [0.717, 1.165) is 4.90 Å². The number of ether oxygens (including phenoxy) is 2. The van der Waals surface area contributed by atoms with Crippen molar-refractivity contribution in [1.29, 1.82) is 0 Å². The summed E-state index contributed by atoms with van der Waals surface area (Å²) < 4.78 is 23.6. The van der Waals surface area contributed by atoms with Gasteiger partial charge in [0.2, 0.25) is 0 Å². The molecule has 2 heterocycles. The summed E-state index contributed by atoms with van der Waals surface area (Å²) in [5.41, 5.74) is 0.615. The van der Waals surface area contributed by atoms with Crippen LogP contribution in [0.1, 0.15) is 26.3 Å². The molecule has 0 bridgehead atoms. The molecule has 0 spiro atoms. The number of amides is 2. The molecular weight excluding hydrogens is 391 g/mol. The second-order valence-corrected chi connectivity index (χ2v) is 6.20. The maximum Gasteiger partial charge on any atom is 0.265 e. The Bertz CT molecular complexity index is 1110. The van der Waals surface area contributed by atoms with Crippen molar-refractivity contribution in [1.82, 2.24) is 9.88 Å². The average Bonchev–Trinajstić information content (AvgIpc) is 3.02. The molecule has 0 saturated carbocycles. The third-order valence-electron chi connectivity index (χ3n) is 4.48. The highest BCUT2D eigenvalue weighted by molar-refractivity contribution is 6.26. The first-order valence-corrected chi connectivity index (χ1v) is 8.89. The molecule has 0 radical (unpaired) electrons. The number of nitrogens with zero attached hydrogens (tertiary/aromatic N) is 2. The van der Waals surface area contributed by atoms with Crippen LogP contribution in [0.4, 0.5) is 4.39 Å². The van der Waals surface area contributed by atoms with Crippen LogP contribution in [-0.2, 0) is 11.3 Å². The Hall–Kier alpha value is -3.78. The lowest BCUT2D eigenvalue weighted by molar-refractivity contribution is 0.0505. The summed E-state index contributed by atoms with van der Waals surface area (Å²) in [6.07, 6.45) is 1.49. The molecule has 30 heavy (non-hydrogen) atoms. The van der Waals surface area contributed by atoms with Gasteiger partial charge < -0.3 is 14.6 Å². The normalized spacial score (nSPS) is 12.5. The molecule has 8 heteroatoms. The van der Waals surface area contributed by atoms with Crippen molar-refractivity contribution in [3.8, 4) is 11.5 Å². The molecule has 1 aromatic heterocycles. The highest BCUT2D eigenvalue weighted by Gasteiger charge is 2.42. The zero-order valence-electron chi connectivity index (χ0n) is 16.2. The Morgan fingerprint density at radius 3 is 2.43 bits per heavy atom. The van der Waals surface area contributed by atoms with Crippen LogP contribution in [-0.4, -0.2) is 40.7 Å². The smallest absolute Gasteiger partial charge is 0.265 e. The first-order valence-electron chi connectivity index (χ1n) is 8.89. The van der Waals surface area contributed by atoms with Gasteiger partial charge in [0.15, 0.2) is 12.5 Å². The number of phenolic OH excluding ortho intramolecular Hbond substituents is 1. The predicted octanol–water partition coefficient (Wildman–Crippen LogP) is 3.66. The number of aromatic hydroxyl groups is 1. The molecule has 0 atom stereocenters. The number of carbonyl (C=O) groups is 2. The van der Waals surface area contributed by atoms with E-state index in [0.29, 0.717) is 5.56 Å². The largest absolute Gasteiger partial charge is 0.506 e. The van der Waals surface area contributed by atoms with E-state index in [9.17, 15) is 19.1 Å². The van der Waals surface area contributed by atoms with Crippen LogP contribution in [0.25, 0.3) is 10.9 Å². The number of imide groups is 1. The average molecular weight is 410 g/mol. The Balaban J connectivity index is 0.00000124. The zero-order chi connectivity index (χ0) is 21.8. The van der Waals surface area contributed by atoms with Gasteiger partial charge in [0, 0.05) is 18.7 Å². The van der Waals surface area contributed by atoms with E-state index < -0.39 is 17.6 Å². The zero-order valence-corrected chi connectivity index (χ0v) is 16.2. The van der Waals surface area contributed by atoms with Gasteiger partial charge in [-0.15, -0.1) is 13.2 Å². The first kappa shape index (κ1) is 20.9. The minimum atomic E-state index is -0.658. The number of hydrogen-bond acceptors (Lipinski definition) is 6. The topological polar surface area (TPSA) is 89.0 Å². The molecular formula is C22H19FN2O5. The van der Waals surface area contributed by atoms with Crippen LogP contribution in [0.3, 0.4) is 0 Å². The third-order valence-corrected chi connectivity index (χ3v) is 4.48. The van der Waals surface area contributed by atoms with Crippen LogP contribution >= 0.6 is 0 Å². The van der Waals surface area contributed by atoms with E-state index in [1.807, 2.05) is 0 Å².